The maximum Gasteiger partial charge on any atom is 0.237 e. The van der Waals surface area contributed by atoms with Crippen molar-refractivity contribution in [3.8, 4) is 0 Å². The molecule has 0 aliphatic rings. The van der Waals surface area contributed by atoms with E-state index in [-0.39, 0.29) is 22.7 Å². The summed E-state index contributed by atoms with van der Waals surface area (Å²) >= 11 is 1.00. The van der Waals surface area contributed by atoms with Gasteiger partial charge < -0.3 is 16.8 Å². The largest absolute Gasteiger partial charge is 0.368 e. The van der Waals surface area contributed by atoms with Gasteiger partial charge in [-0.2, -0.15) is 15.0 Å². The molecule has 1 aromatic carbocycles. The molecule has 0 aliphatic carbocycles. The standard InChI is InChI=1S/C12H12F2N6OS/c1-5(22-12-19-10(15)18-11(16)20-12)9(21)17-6-2-3-7(13)8(14)4-6/h2-5H,1H3,(H,17,21)(H4,15,16,18,19,20)/t5-/m0/s1. The van der Waals surface area contributed by atoms with E-state index in [1.54, 1.807) is 6.92 Å². The van der Waals surface area contributed by atoms with Crippen molar-refractivity contribution in [2.45, 2.75) is 17.3 Å². The van der Waals surface area contributed by atoms with E-state index in [4.69, 9.17) is 11.5 Å². The molecule has 0 unspecified atom stereocenters. The Morgan fingerprint density at radius 2 is 1.82 bits per heavy atom. The number of nitrogens with zero attached hydrogens (tertiary/aromatic N) is 3. The first-order valence-corrected chi connectivity index (χ1v) is 6.92. The van der Waals surface area contributed by atoms with Gasteiger partial charge in [-0.25, -0.2) is 8.78 Å². The molecule has 0 saturated heterocycles. The first-order chi connectivity index (χ1) is 10.3. The topological polar surface area (TPSA) is 120 Å². The van der Waals surface area contributed by atoms with Gasteiger partial charge >= 0.3 is 0 Å². The lowest BCUT2D eigenvalue weighted by Gasteiger charge is -2.11. The van der Waals surface area contributed by atoms with Crippen molar-refractivity contribution in [3.63, 3.8) is 0 Å². The summed E-state index contributed by atoms with van der Waals surface area (Å²) in [5.74, 6) is -2.58. The lowest BCUT2D eigenvalue weighted by molar-refractivity contribution is -0.115. The van der Waals surface area contributed by atoms with Gasteiger partial charge in [0.1, 0.15) is 0 Å². The number of halogens is 2. The molecular formula is C12H12F2N6OS. The third-order valence-corrected chi connectivity index (χ3v) is 3.45. The molecule has 10 heteroatoms. The van der Waals surface area contributed by atoms with Crippen LogP contribution < -0.4 is 16.8 Å². The number of anilines is 3. The van der Waals surface area contributed by atoms with Crippen molar-refractivity contribution in [2.24, 2.45) is 0 Å². The van der Waals surface area contributed by atoms with Crippen LogP contribution in [0.25, 0.3) is 0 Å². The highest BCUT2D eigenvalue weighted by Crippen LogP contribution is 2.22. The Bertz CT molecular complexity index is 694. The summed E-state index contributed by atoms with van der Waals surface area (Å²) in [6, 6.07) is 3.08. The number of hydrogen-bond acceptors (Lipinski definition) is 7. The normalized spacial score (nSPS) is 12.0. The monoisotopic (exact) mass is 326 g/mol. The fourth-order valence-corrected chi connectivity index (χ4v) is 2.25. The molecule has 0 fully saturated rings. The van der Waals surface area contributed by atoms with Gasteiger partial charge in [-0.05, 0) is 19.1 Å². The molecular weight excluding hydrogens is 314 g/mol. The predicted molar refractivity (Wildman–Crippen MR) is 79.0 cm³/mol. The number of benzene rings is 1. The number of nitrogen functional groups attached to an aromatic ring is 2. The van der Waals surface area contributed by atoms with Gasteiger partial charge in [0.2, 0.25) is 17.8 Å². The Morgan fingerprint density at radius 3 is 2.41 bits per heavy atom. The van der Waals surface area contributed by atoms with Crippen molar-refractivity contribution in [3.05, 3.63) is 29.8 Å². The van der Waals surface area contributed by atoms with Gasteiger partial charge in [-0.3, -0.25) is 4.79 Å². The number of amides is 1. The highest BCUT2D eigenvalue weighted by molar-refractivity contribution is 8.00. The van der Waals surface area contributed by atoms with Crippen molar-refractivity contribution >= 4 is 35.3 Å². The van der Waals surface area contributed by atoms with Crippen molar-refractivity contribution in [1.29, 1.82) is 0 Å². The number of nitrogens with one attached hydrogen (secondary N) is 1. The molecule has 5 N–H and O–H groups in total. The molecule has 0 aliphatic heterocycles. The van der Waals surface area contributed by atoms with Crippen LogP contribution in [0.3, 0.4) is 0 Å². The maximum atomic E-state index is 13.1. The molecule has 1 aromatic heterocycles. The summed E-state index contributed by atoms with van der Waals surface area (Å²) in [5, 5.41) is 2.04. The average molecular weight is 326 g/mol. The SMILES string of the molecule is C[C@H](Sc1nc(N)nc(N)n1)C(=O)Nc1ccc(F)c(F)c1. The first-order valence-electron chi connectivity index (χ1n) is 6.04. The van der Waals surface area contributed by atoms with Crippen LogP contribution in [0.1, 0.15) is 6.92 Å². The molecule has 0 saturated carbocycles. The minimum Gasteiger partial charge on any atom is -0.368 e. The number of nitrogens with two attached hydrogens (primary N) is 2. The van der Waals surface area contributed by atoms with E-state index >= 15 is 0 Å². The average Bonchev–Trinajstić information content (AvgIpc) is 2.41. The molecule has 0 bridgehead atoms. The zero-order valence-electron chi connectivity index (χ0n) is 11.4. The van der Waals surface area contributed by atoms with Crippen LogP contribution in [-0.2, 0) is 4.79 Å². The Morgan fingerprint density at radius 1 is 1.18 bits per heavy atom. The molecule has 0 radical (unpaired) electrons. The third kappa shape index (κ3) is 4.01. The molecule has 2 aromatic rings. The molecule has 1 atom stereocenters. The maximum absolute atomic E-state index is 13.1. The molecule has 2 rings (SSSR count). The van der Waals surface area contributed by atoms with Gasteiger partial charge in [0.15, 0.2) is 16.8 Å². The van der Waals surface area contributed by atoms with E-state index in [1.165, 1.54) is 6.07 Å². The zero-order chi connectivity index (χ0) is 16.3. The van der Waals surface area contributed by atoms with Crippen molar-refractivity contribution in [2.75, 3.05) is 16.8 Å². The Hall–Kier alpha value is -2.49. The lowest BCUT2D eigenvalue weighted by atomic mass is 10.3. The van der Waals surface area contributed by atoms with Gasteiger partial charge in [0.05, 0.1) is 5.25 Å². The van der Waals surface area contributed by atoms with Crippen LogP contribution in [0.4, 0.5) is 26.4 Å². The van der Waals surface area contributed by atoms with Crippen LogP contribution in [0.2, 0.25) is 0 Å². The summed E-state index contributed by atoms with van der Waals surface area (Å²) in [5.41, 5.74) is 11.0. The number of carbonyl (C=O) groups is 1. The van der Waals surface area contributed by atoms with Crippen LogP contribution in [0, 0.1) is 11.6 Å². The Balaban J connectivity index is 2.04. The third-order valence-electron chi connectivity index (χ3n) is 2.49. The van der Waals surface area contributed by atoms with Gasteiger partial charge in [-0.15, -0.1) is 0 Å². The molecule has 1 amide bonds. The van der Waals surface area contributed by atoms with Crippen molar-refractivity contribution in [1.82, 2.24) is 15.0 Å². The second-order valence-electron chi connectivity index (χ2n) is 4.21. The molecule has 116 valence electrons. The minimum absolute atomic E-state index is 0.0526. The quantitative estimate of drug-likeness (QED) is 0.727. The fourth-order valence-electron chi connectivity index (χ4n) is 1.47. The smallest absolute Gasteiger partial charge is 0.237 e. The predicted octanol–water partition coefficient (Wildman–Crippen LogP) is 1.43. The van der Waals surface area contributed by atoms with E-state index in [1.807, 2.05) is 0 Å². The molecule has 0 spiro atoms. The summed E-state index contributed by atoms with van der Waals surface area (Å²) in [6.45, 7) is 1.59. The first kappa shape index (κ1) is 15.9. The van der Waals surface area contributed by atoms with E-state index in [9.17, 15) is 13.6 Å². The van der Waals surface area contributed by atoms with Crippen LogP contribution in [-0.4, -0.2) is 26.1 Å². The molecule has 1 heterocycles. The summed E-state index contributed by atoms with van der Waals surface area (Å²) in [4.78, 5) is 23.3. The number of hydrogen-bond donors (Lipinski definition) is 3. The summed E-state index contributed by atoms with van der Waals surface area (Å²) in [6.07, 6.45) is 0. The highest BCUT2D eigenvalue weighted by atomic mass is 32.2. The second-order valence-corrected chi connectivity index (χ2v) is 5.52. The summed E-state index contributed by atoms with van der Waals surface area (Å²) in [7, 11) is 0. The van der Waals surface area contributed by atoms with E-state index < -0.39 is 22.8 Å². The van der Waals surface area contributed by atoms with E-state index in [2.05, 4.69) is 20.3 Å². The van der Waals surface area contributed by atoms with Gasteiger partial charge in [0.25, 0.3) is 0 Å². The molecule has 22 heavy (non-hydrogen) atoms. The molecule has 7 nitrogen and oxygen atoms in total. The number of carbonyl (C=O) groups excluding carboxylic acids is 1. The van der Waals surface area contributed by atoms with E-state index in [0.717, 1.165) is 23.9 Å². The van der Waals surface area contributed by atoms with Gasteiger partial charge in [-0.1, -0.05) is 11.8 Å². The van der Waals surface area contributed by atoms with E-state index in [0.29, 0.717) is 0 Å². The summed E-state index contributed by atoms with van der Waals surface area (Å²) < 4.78 is 25.9. The van der Waals surface area contributed by atoms with Crippen molar-refractivity contribution < 1.29 is 13.6 Å². The Kier molecular flexibility index (Phi) is 4.71. The number of rotatable bonds is 4. The second kappa shape index (κ2) is 6.52. The van der Waals surface area contributed by atoms with Gasteiger partial charge in [0, 0.05) is 11.8 Å². The van der Waals surface area contributed by atoms with Crippen LogP contribution in [0.5, 0.6) is 0 Å². The van der Waals surface area contributed by atoms with Crippen LogP contribution in [0.15, 0.2) is 23.4 Å². The number of aromatic nitrogens is 3. The zero-order valence-corrected chi connectivity index (χ0v) is 12.2. The minimum atomic E-state index is -1.05. The highest BCUT2D eigenvalue weighted by Gasteiger charge is 2.17. The number of thioether (sulfide) groups is 1. The Labute approximate surface area is 128 Å². The van der Waals surface area contributed by atoms with Crippen LogP contribution >= 0.6 is 11.8 Å². The fraction of sp³-hybridized carbons (Fsp3) is 0.167. The lowest BCUT2D eigenvalue weighted by Crippen LogP contribution is -2.23.